The smallest absolute Gasteiger partial charge is 0.462 e. The molecule has 1 rings (SSSR count). The lowest BCUT2D eigenvalue weighted by molar-refractivity contribution is -0.870. The topological polar surface area (TPSA) is 121 Å². The summed E-state index contributed by atoms with van der Waals surface area (Å²) in [5, 5.41) is 0. The van der Waals surface area contributed by atoms with Gasteiger partial charge >= 0.3 is 19.8 Å². The van der Waals surface area contributed by atoms with Gasteiger partial charge in [-0.05, 0) is 51.4 Å². The maximum Gasteiger partial charge on any atom is 0.472 e. The lowest BCUT2D eigenvalue weighted by Gasteiger charge is -2.24. The van der Waals surface area contributed by atoms with Gasteiger partial charge < -0.3 is 23.6 Å². The average molecular weight is 771 g/mol. The fourth-order valence-electron chi connectivity index (χ4n) is 5.63. The Morgan fingerprint density at radius 2 is 1.21 bits per heavy atom. The van der Waals surface area contributed by atoms with Crippen LogP contribution >= 0.6 is 7.82 Å². The summed E-state index contributed by atoms with van der Waals surface area (Å²) in [6, 6.07) is 0. The number of likely N-dealkylation sites (N-methyl/N-ethyl adjacent to an activating group) is 1. The fourth-order valence-corrected chi connectivity index (χ4v) is 6.38. The van der Waals surface area contributed by atoms with Crippen LogP contribution in [0.1, 0.15) is 155 Å². The normalized spacial score (nSPS) is 17.8. The number of quaternary nitrogens is 1. The summed E-state index contributed by atoms with van der Waals surface area (Å²) in [4.78, 5) is 35.3. The average Bonchev–Trinajstić information content (AvgIpc) is 3.86. The van der Waals surface area contributed by atoms with Crippen LogP contribution in [0.3, 0.4) is 0 Å². The minimum absolute atomic E-state index is 0.0208. The second-order valence-corrected chi connectivity index (χ2v) is 16.9. The molecule has 0 aliphatic carbocycles. The predicted octanol–water partition coefficient (Wildman–Crippen LogP) is 10.3. The molecule has 11 heteroatoms. The molecule has 308 valence electrons. The first-order valence-corrected chi connectivity index (χ1v) is 22.3. The molecule has 0 aromatic heterocycles. The van der Waals surface area contributed by atoms with Crippen molar-refractivity contribution in [2.75, 3.05) is 47.5 Å². The highest BCUT2D eigenvalue weighted by molar-refractivity contribution is 7.47. The molecule has 1 heterocycles. The first-order valence-electron chi connectivity index (χ1n) is 20.8. The number of epoxide rings is 1. The number of carbonyl (C=O) groups excluding carboxylic acids is 2. The molecule has 0 bridgehead atoms. The molecule has 0 radical (unpaired) electrons. The summed E-state index contributed by atoms with van der Waals surface area (Å²) in [6.45, 7) is 4.29. The molecule has 0 saturated carbocycles. The minimum atomic E-state index is -4.39. The highest BCUT2D eigenvalue weighted by Crippen LogP contribution is 2.43. The molecule has 4 atom stereocenters. The van der Waals surface area contributed by atoms with Crippen LogP contribution in [0.25, 0.3) is 0 Å². The quantitative estimate of drug-likeness (QED) is 0.0166. The molecule has 1 aliphatic rings. The Hall–Kier alpha value is -1.81. The fraction of sp³-hybridized carbons (Fsp3) is 0.810. The number of allylic oxidation sites excluding steroid dienone is 4. The Labute approximate surface area is 323 Å². The molecule has 10 nitrogen and oxygen atoms in total. The Bertz CT molecular complexity index is 1070. The predicted molar refractivity (Wildman–Crippen MR) is 214 cm³/mol. The standard InChI is InChI=1S/C42H76NO9P/c1-6-8-10-12-14-16-17-19-21-23-29-33-42(45)51-38(37-50-53(46,47)49-35-34-43(3,4)5)36-48-41(44)32-28-25-24-27-31-40-39(52-40)30-26-22-20-18-15-13-11-9-7-2/h15,18,22,24,26-27,38-40H,6-14,16-17,19-21,23,25,28-37H2,1-5H3/p+1/b18-15-,26-22-,27-24-/t38-,39?,40?/m1/s1. The largest absolute Gasteiger partial charge is 0.472 e. The van der Waals surface area contributed by atoms with Gasteiger partial charge in [-0.1, -0.05) is 127 Å². The van der Waals surface area contributed by atoms with E-state index in [9.17, 15) is 19.0 Å². The van der Waals surface area contributed by atoms with Gasteiger partial charge in [0.2, 0.25) is 0 Å². The SMILES string of the molecule is CCCCC/C=C\C/C=C\CC1OC1C/C=C\CCCC(=O)OC[C@H](COP(=O)(O)OCC[N+](C)(C)C)OC(=O)CCCCCCCCCCCCC. The number of phosphoric acid groups is 1. The van der Waals surface area contributed by atoms with Crippen LogP contribution < -0.4 is 0 Å². The van der Waals surface area contributed by atoms with E-state index in [1.165, 1.54) is 70.6 Å². The van der Waals surface area contributed by atoms with E-state index in [4.69, 9.17) is 23.3 Å². The van der Waals surface area contributed by atoms with Crippen molar-refractivity contribution in [3.8, 4) is 0 Å². The van der Waals surface area contributed by atoms with Crippen molar-refractivity contribution in [2.24, 2.45) is 0 Å². The zero-order valence-electron chi connectivity index (χ0n) is 34.2. The van der Waals surface area contributed by atoms with Crippen molar-refractivity contribution >= 4 is 19.8 Å². The van der Waals surface area contributed by atoms with Crippen LogP contribution in [-0.2, 0) is 37.4 Å². The van der Waals surface area contributed by atoms with Crippen molar-refractivity contribution in [1.29, 1.82) is 0 Å². The van der Waals surface area contributed by atoms with E-state index in [2.05, 4.69) is 50.3 Å². The van der Waals surface area contributed by atoms with E-state index in [-0.39, 0.29) is 32.2 Å². The number of phosphoric ester groups is 1. The highest BCUT2D eigenvalue weighted by Gasteiger charge is 2.36. The van der Waals surface area contributed by atoms with E-state index in [1.54, 1.807) is 0 Å². The van der Waals surface area contributed by atoms with Crippen LogP contribution in [0.2, 0.25) is 0 Å². The molecule has 0 spiro atoms. The molecule has 0 amide bonds. The van der Waals surface area contributed by atoms with E-state index in [1.807, 2.05) is 21.1 Å². The highest BCUT2D eigenvalue weighted by atomic mass is 31.2. The maximum atomic E-state index is 12.6. The summed E-state index contributed by atoms with van der Waals surface area (Å²) < 4.78 is 39.9. The zero-order chi connectivity index (χ0) is 39.0. The van der Waals surface area contributed by atoms with E-state index < -0.39 is 32.5 Å². The molecule has 1 saturated heterocycles. The minimum Gasteiger partial charge on any atom is -0.462 e. The van der Waals surface area contributed by atoms with Crippen molar-refractivity contribution in [3.05, 3.63) is 36.5 Å². The molecular weight excluding hydrogens is 693 g/mol. The van der Waals surface area contributed by atoms with Crippen LogP contribution in [0, 0.1) is 0 Å². The molecule has 3 unspecified atom stereocenters. The number of unbranched alkanes of at least 4 members (excludes halogenated alkanes) is 14. The summed E-state index contributed by atoms with van der Waals surface area (Å²) >= 11 is 0. The first-order chi connectivity index (χ1) is 25.5. The zero-order valence-corrected chi connectivity index (χ0v) is 35.1. The van der Waals surface area contributed by atoms with E-state index in [0.29, 0.717) is 30.0 Å². The van der Waals surface area contributed by atoms with Gasteiger partial charge in [-0.15, -0.1) is 0 Å². The molecule has 0 aromatic carbocycles. The van der Waals surface area contributed by atoms with Crippen molar-refractivity contribution < 1.29 is 46.8 Å². The van der Waals surface area contributed by atoms with E-state index in [0.717, 1.165) is 44.9 Å². The monoisotopic (exact) mass is 771 g/mol. The van der Waals surface area contributed by atoms with E-state index >= 15 is 0 Å². The molecular formula is C42H77NO9P+. The number of carbonyl (C=O) groups is 2. The second-order valence-electron chi connectivity index (χ2n) is 15.4. The van der Waals surface area contributed by atoms with Gasteiger partial charge in [0.25, 0.3) is 0 Å². The van der Waals surface area contributed by atoms with Crippen LogP contribution in [-0.4, -0.2) is 87.1 Å². The number of hydrogen-bond acceptors (Lipinski definition) is 8. The van der Waals surface area contributed by atoms with Crippen LogP contribution in [0.4, 0.5) is 0 Å². The van der Waals surface area contributed by atoms with Gasteiger partial charge in [-0.2, -0.15) is 0 Å². The Morgan fingerprint density at radius 3 is 1.85 bits per heavy atom. The third-order valence-corrected chi connectivity index (χ3v) is 10.1. The van der Waals surface area contributed by atoms with Crippen molar-refractivity contribution in [1.82, 2.24) is 0 Å². The summed E-state index contributed by atoms with van der Waals surface area (Å²) in [6.07, 6.45) is 35.1. The number of ether oxygens (including phenoxy) is 3. The molecule has 1 N–H and O–H groups in total. The number of rotatable bonds is 36. The maximum absolute atomic E-state index is 12.6. The van der Waals surface area contributed by atoms with Gasteiger partial charge in [-0.25, -0.2) is 4.57 Å². The Morgan fingerprint density at radius 1 is 0.679 bits per heavy atom. The third kappa shape index (κ3) is 32.2. The lowest BCUT2D eigenvalue weighted by atomic mass is 10.1. The third-order valence-electron chi connectivity index (χ3n) is 9.08. The number of nitrogens with zero attached hydrogens (tertiary/aromatic N) is 1. The van der Waals surface area contributed by atoms with Gasteiger partial charge in [-0.3, -0.25) is 18.6 Å². The van der Waals surface area contributed by atoms with Crippen molar-refractivity contribution in [3.63, 3.8) is 0 Å². The van der Waals surface area contributed by atoms with Gasteiger partial charge in [0.05, 0.1) is 40.0 Å². The summed E-state index contributed by atoms with van der Waals surface area (Å²) in [7, 11) is 1.44. The van der Waals surface area contributed by atoms with Gasteiger partial charge in [0.1, 0.15) is 19.8 Å². The van der Waals surface area contributed by atoms with Gasteiger partial charge in [0.15, 0.2) is 6.10 Å². The van der Waals surface area contributed by atoms with Crippen LogP contribution in [0.5, 0.6) is 0 Å². The number of hydrogen-bond donors (Lipinski definition) is 1. The van der Waals surface area contributed by atoms with Crippen molar-refractivity contribution in [2.45, 2.75) is 173 Å². The summed E-state index contributed by atoms with van der Waals surface area (Å²) in [5.41, 5.74) is 0. The molecule has 0 aromatic rings. The van der Waals surface area contributed by atoms with Crippen LogP contribution in [0.15, 0.2) is 36.5 Å². The molecule has 1 fully saturated rings. The number of esters is 2. The Balaban J connectivity index is 2.34. The Kier molecular flexibility index (Phi) is 29.2. The van der Waals surface area contributed by atoms with Gasteiger partial charge in [0, 0.05) is 12.8 Å². The second kappa shape index (κ2) is 31.4. The molecule has 1 aliphatic heterocycles. The molecule has 53 heavy (non-hydrogen) atoms. The lowest BCUT2D eigenvalue weighted by Crippen LogP contribution is -2.37. The summed E-state index contributed by atoms with van der Waals surface area (Å²) in [5.74, 6) is -0.873. The first kappa shape index (κ1) is 49.2.